The Balaban J connectivity index is 1.91. The molecular weight excluding hydrogens is 256 g/mol. The molecule has 5 nitrogen and oxygen atoms in total. The summed E-state index contributed by atoms with van der Waals surface area (Å²) in [6.07, 6.45) is 4.04. The molecule has 1 aliphatic carbocycles. The summed E-state index contributed by atoms with van der Waals surface area (Å²) in [6, 6.07) is 7.34. The second kappa shape index (κ2) is 6.34. The maximum atomic E-state index is 12.0. The van der Waals surface area contributed by atoms with Gasteiger partial charge in [0.25, 0.3) is 0 Å². The summed E-state index contributed by atoms with van der Waals surface area (Å²) in [5.41, 5.74) is 7.49. The number of benzene rings is 1. The number of hydrogen-bond donors (Lipinski definition) is 3. The molecule has 0 saturated heterocycles. The third-order valence-electron chi connectivity index (χ3n) is 3.44. The van der Waals surface area contributed by atoms with Gasteiger partial charge in [0, 0.05) is 12.6 Å². The first-order chi connectivity index (χ1) is 9.60. The fraction of sp³-hybridized carbons (Fsp3) is 0.333. The van der Waals surface area contributed by atoms with Gasteiger partial charge in [-0.15, -0.1) is 0 Å². The quantitative estimate of drug-likeness (QED) is 0.693. The van der Waals surface area contributed by atoms with E-state index >= 15 is 0 Å². The first kappa shape index (κ1) is 14.3. The molecule has 1 aromatic rings. The zero-order chi connectivity index (χ0) is 14.5. The van der Waals surface area contributed by atoms with Crippen LogP contribution in [0.3, 0.4) is 0 Å². The maximum Gasteiger partial charge on any atom is 0.310 e. The van der Waals surface area contributed by atoms with Gasteiger partial charge in [0.05, 0.1) is 12.3 Å². The average Bonchev–Trinajstić information content (AvgIpc) is 2.88. The lowest BCUT2D eigenvalue weighted by atomic mass is 10.0. The molecule has 20 heavy (non-hydrogen) atoms. The number of carbonyl (C=O) groups excluding carboxylic acids is 1. The molecule has 0 saturated carbocycles. The SMILES string of the molecule is NCc1ccccc1CC(=O)NC1C=CC(C(=O)O)C1. The van der Waals surface area contributed by atoms with Crippen molar-refractivity contribution in [3.8, 4) is 0 Å². The largest absolute Gasteiger partial charge is 0.481 e. The third-order valence-corrected chi connectivity index (χ3v) is 3.44. The van der Waals surface area contributed by atoms with E-state index < -0.39 is 11.9 Å². The van der Waals surface area contributed by atoms with Crippen molar-refractivity contribution >= 4 is 11.9 Å². The van der Waals surface area contributed by atoms with Gasteiger partial charge >= 0.3 is 5.97 Å². The first-order valence-electron chi connectivity index (χ1n) is 6.57. The molecule has 5 heteroatoms. The number of carboxylic acids is 1. The minimum Gasteiger partial charge on any atom is -0.481 e. The van der Waals surface area contributed by atoms with Crippen molar-refractivity contribution in [2.24, 2.45) is 11.7 Å². The highest BCUT2D eigenvalue weighted by molar-refractivity contribution is 5.80. The molecule has 0 aromatic heterocycles. The van der Waals surface area contributed by atoms with Gasteiger partial charge in [-0.2, -0.15) is 0 Å². The molecule has 0 spiro atoms. The number of rotatable bonds is 5. The summed E-state index contributed by atoms with van der Waals surface area (Å²) in [7, 11) is 0. The van der Waals surface area contributed by atoms with Crippen LogP contribution in [0.15, 0.2) is 36.4 Å². The molecular formula is C15H18N2O3. The Morgan fingerprint density at radius 2 is 1.95 bits per heavy atom. The topological polar surface area (TPSA) is 92.4 Å². The Morgan fingerprint density at radius 3 is 2.55 bits per heavy atom. The van der Waals surface area contributed by atoms with Crippen LogP contribution in [0, 0.1) is 5.92 Å². The van der Waals surface area contributed by atoms with Crippen molar-refractivity contribution in [3.63, 3.8) is 0 Å². The minimum absolute atomic E-state index is 0.119. The number of amides is 1. The molecule has 0 radical (unpaired) electrons. The van der Waals surface area contributed by atoms with Crippen LogP contribution in [-0.4, -0.2) is 23.0 Å². The van der Waals surface area contributed by atoms with Crippen LogP contribution < -0.4 is 11.1 Å². The normalized spacial score (nSPS) is 20.9. The van der Waals surface area contributed by atoms with Crippen LogP contribution >= 0.6 is 0 Å². The molecule has 1 aromatic carbocycles. The van der Waals surface area contributed by atoms with Crippen LogP contribution in [0.5, 0.6) is 0 Å². The number of carboxylic acid groups (broad SMARTS) is 1. The Hall–Kier alpha value is -2.14. The van der Waals surface area contributed by atoms with Crippen molar-refractivity contribution in [3.05, 3.63) is 47.5 Å². The molecule has 0 fully saturated rings. The smallest absolute Gasteiger partial charge is 0.310 e. The second-order valence-corrected chi connectivity index (χ2v) is 4.89. The van der Waals surface area contributed by atoms with Crippen molar-refractivity contribution in [2.75, 3.05) is 0 Å². The summed E-state index contributed by atoms with van der Waals surface area (Å²) in [4.78, 5) is 22.8. The molecule has 106 valence electrons. The van der Waals surface area contributed by atoms with E-state index in [-0.39, 0.29) is 18.4 Å². The van der Waals surface area contributed by atoms with E-state index in [0.29, 0.717) is 13.0 Å². The van der Waals surface area contributed by atoms with E-state index in [1.54, 1.807) is 12.2 Å². The Kier molecular flexibility index (Phi) is 4.53. The van der Waals surface area contributed by atoms with Crippen LogP contribution in [0.25, 0.3) is 0 Å². The van der Waals surface area contributed by atoms with E-state index in [1.807, 2.05) is 24.3 Å². The van der Waals surface area contributed by atoms with Gasteiger partial charge in [0.1, 0.15) is 0 Å². The van der Waals surface area contributed by atoms with Gasteiger partial charge in [-0.3, -0.25) is 9.59 Å². The fourth-order valence-corrected chi connectivity index (χ4v) is 2.35. The summed E-state index contributed by atoms with van der Waals surface area (Å²) in [5, 5.41) is 11.7. The molecule has 1 aliphatic rings. The van der Waals surface area contributed by atoms with Crippen molar-refractivity contribution < 1.29 is 14.7 Å². The van der Waals surface area contributed by atoms with Gasteiger partial charge in [0.2, 0.25) is 5.91 Å². The van der Waals surface area contributed by atoms with Crippen molar-refractivity contribution in [1.29, 1.82) is 0 Å². The Labute approximate surface area is 117 Å². The zero-order valence-corrected chi connectivity index (χ0v) is 11.1. The summed E-state index contributed by atoms with van der Waals surface area (Å²) < 4.78 is 0. The van der Waals surface area contributed by atoms with Gasteiger partial charge in [-0.1, -0.05) is 36.4 Å². The standard InChI is InChI=1S/C15H18N2O3/c16-9-12-4-2-1-3-10(12)8-14(18)17-13-6-5-11(7-13)15(19)20/h1-6,11,13H,7-9,16H2,(H,17,18)(H,19,20). The van der Waals surface area contributed by atoms with Crippen LogP contribution in [0.1, 0.15) is 17.5 Å². The van der Waals surface area contributed by atoms with Gasteiger partial charge in [-0.25, -0.2) is 0 Å². The van der Waals surface area contributed by atoms with Gasteiger partial charge in [-0.05, 0) is 17.5 Å². The maximum absolute atomic E-state index is 12.0. The van der Waals surface area contributed by atoms with Gasteiger partial charge in [0.15, 0.2) is 0 Å². The number of hydrogen-bond acceptors (Lipinski definition) is 3. The molecule has 0 aliphatic heterocycles. The molecule has 2 unspecified atom stereocenters. The first-order valence-corrected chi connectivity index (χ1v) is 6.57. The van der Waals surface area contributed by atoms with E-state index in [9.17, 15) is 9.59 Å². The molecule has 0 heterocycles. The number of nitrogens with one attached hydrogen (secondary N) is 1. The predicted octanol–water partition coefficient (Wildman–Crippen LogP) is 0.833. The lowest BCUT2D eigenvalue weighted by molar-refractivity contribution is -0.140. The van der Waals surface area contributed by atoms with Crippen molar-refractivity contribution in [1.82, 2.24) is 5.32 Å². The van der Waals surface area contributed by atoms with E-state index in [4.69, 9.17) is 10.8 Å². The lowest BCUT2D eigenvalue weighted by Crippen LogP contribution is -2.34. The number of aliphatic carboxylic acids is 1. The molecule has 0 bridgehead atoms. The van der Waals surface area contributed by atoms with Crippen LogP contribution in [-0.2, 0) is 22.6 Å². The number of carbonyl (C=O) groups is 2. The van der Waals surface area contributed by atoms with E-state index in [0.717, 1.165) is 11.1 Å². The molecule has 1 amide bonds. The molecule has 2 rings (SSSR count). The lowest BCUT2D eigenvalue weighted by Gasteiger charge is -2.13. The van der Waals surface area contributed by atoms with Crippen molar-refractivity contribution in [2.45, 2.75) is 25.4 Å². The monoisotopic (exact) mass is 274 g/mol. The highest BCUT2D eigenvalue weighted by Gasteiger charge is 2.25. The molecule has 2 atom stereocenters. The minimum atomic E-state index is -0.855. The second-order valence-electron chi connectivity index (χ2n) is 4.89. The summed E-state index contributed by atoms with van der Waals surface area (Å²) in [6.45, 7) is 0.397. The fourth-order valence-electron chi connectivity index (χ4n) is 2.35. The predicted molar refractivity (Wildman–Crippen MR) is 74.9 cm³/mol. The van der Waals surface area contributed by atoms with Crippen LogP contribution in [0.4, 0.5) is 0 Å². The Bertz CT molecular complexity index is 540. The average molecular weight is 274 g/mol. The van der Waals surface area contributed by atoms with E-state index in [2.05, 4.69) is 5.32 Å². The highest BCUT2D eigenvalue weighted by atomic mass is 16.4. The van der Waals surface area contributed by atoms with Gasteiger partial charge < -0.3 is 16.2 Å². The molecule has 4 N–H and O–H groups in total. The zero-order valence-electron chi connectivity index (χ0n) is 11.1. The van der Waals surface area contributed by atoms with E-state index in [1.165, 1.54) is 0 Å². The summed E-state index contributed by atoms with van der Waals surface area (Å²) in [5.74, 6) is -1.48. The number of nitrogens with two attached hydrogens (primary N) is 1. The third kappa shape index (κ3) is 3.45. The highest BCUT2D eigenvalue weighted by Crippen LogP contribution is 2.18. The Morgan fingerprint density at radius 1 is 1.25 bits per heavy atom. The summed E-state index contributed by atoms with van der Waals surface area (Å²) >= 11 is 0. The van der Waals surface area contributed by atoms with Crippen LogP contribution in [0.2, 0.25) is 0 Å².